The molecule has 17 heavy (non-hydrogen) atoms. The first-order valence-electron chi connectivity index (χ1n) is 6.25. The third kappa shape index (κ3) is 3.57. The average Bonchev–Trinajstić information content (AvgIpc) is 2.31. The van der Waals surface area contributed by atoms with Gasteiger partial charge in [-0.15, -0.1) is 0 Å². The summed E-state index contributed by atoms with van der Waals surface area (Å²) in [5, 5.41) is 14.9. The van der Waals surface area contributed by atoms with Gasteiger partial charge in [0.15, 0.2) is 0 Å². The van der Waals surface area contributed by atoms with Crippen LogP contribution in [0.2, 0.25) is 0 Å². The summed E-state index contributed by atoms with van der Waals surface area (Å²) >= 11 is 0. The van der Waals surface area contributed by atoms with Crippen LogP contribution in [0.25, 0.3) is 0 Å². The van der Waals surface area contributed by atoms with E-state index in [0.29, 0.717) is 24.4 Å². The molecule has 0 amide bonds. The molecule has 100 valence electrons. The van der Waals surface area contributed by atoms with E-state index in [1.54, 1.807) is 7.11 Å². The van der Waals surface area contributed by atoms with Crippen molar-refractivity contribution in [3.8, 4) is 0 Å². The van der Waals surface area contributed by atoms with E-state index in [1.807, 2.05) is 0 Å². The second-order valence-electron chi connectivity index (χ2n) is 5.34. The van der Waals surface area contributed by atoms with E-state index in [0.717, 1.165) is 25.8 Å². The van der Waals surface area contributed by atoms with Gasteiger partial charge in [-0.05, 0) is 25.8 Å². The van der Waals surface area contributed by atoms with E-state index >= 15 is 0 Å². The lowest BCUT2D eigenvalue weighted by molar-refractivity contribution is -0.0972. The molecule has 0 aromatic heterocycles. The number of nitrogens with zero attached hydrogens (tertiary/aromatic N) is 1. The van der Waals surface area contributed by atoms with E-state index < -0.39 is 0 Å². The first kappa shape index (κ1) is 14.3. The number of amidine groups is 1. The molecule has 4 N–H and O–H groups in total. The van der Waals surface area contributed by atoms with Gasteiger partial charge in [-0.3, -0.25) is 0 Å². The minimum Gasteiger partial charge on any atom is -0.409 e. The summed E-state index contributed by atoms with van der Waals surface area (Å²) in [4.78, 5) is 0. The smallest absolute Gasteiger partial charge is 0.139 e. The second kappa shape index (κ2) is 6.21. The van der Waals surface area contributed by atoms with Crippen LogP contribution in [0.15, 0.2) is 5.16 Å². The van der Waals surface area contributed by atoms with Crippen LogP contribution < -0.4 is 11.1 Å². The van der Waals surface area contributed by atoms with Crippen molar-refractivity contribution >= 4 is 5.84 Å². The molecule has 0 aromatic rings. The number of hydrogen-bond donors (Lipinski definition) is 3. The maximum atomic E-state index is 8.39. The minimum atomic E-state index is 0.223. The molecular weight excluding hydrogens is 218 g/mol. The highest BCUT2D eigenvalue weighted by Crippen LogP contribution is 2.42. The summed E-state index contributed by atoms with van der Waals surface area (Å²) in [5.41, 5.74) is 5.62. The molecule has 0 radical (unpaired) electrons. The van der Waals surface area contributed by atoms with Gasteiger partial charge in [-0.25, -0.2) is 0 Å². The Morgan fingerprint density at radius 1 is 1.53 bits per heavy atom. The maximum absolute atomic E-state index is 8.39. The molecule has 0 heterocycles. The lowest BCUT2D eigenvalue weighted by atomic mass is 9.64. The van der Waals surface area contributed by atoms with Gasteiger partial charge in [0.25, 0.3) is 0 Å². The summed E-state index contributed by atoms with van der Waals surface area (Å²) in [6.07, 6.45) is 4.11. The predicted octanol–water partition coefficient (Wildman–Crippen LogP) is 1.31. The van der Waals surface area contributed by atoms with E-state index in [9.17, 15) is 0 Å². The monoisotopic (exact) mass is 243 g/mol. The Labute approximate surface area is 103 Å². The van der Waals surface area contributed by atoms with Gasteiger partial charge in [0, 0.05) is 25.0 Å². The highest BCUT2D eigenvalue weighted by Gasteiger charge is 2.47. The number of ether oxygens (including phenoxy) is 1. The highest BCUT2D eigenvalue weighted by atomic mass is 16.5. The Balaban J connectivity index is 2.09. The molecule has 1 fully saturated rings. The Bertz CT molecular complexity index is 266. The SMILES string of the molecule is COC1CC(NCCCCC(N)=NO)C1(C)C. The molecule has 2 unspecified atom stereocenters. The second-order valence-corrected chi connectivity index (χ2v) is 5.34. The third-order valence-corrected chi connectivity index (χ3v) is 3.84. The molecule has 1 rings (SSSR count). The van der Waals surface area contributed by atoms with Gasteiger partial charge in [-0.1, -0.05) is 19.0 Å². The average molecular weight is 243 g/mol. The molecule has 2 atom stereocenters. The molecular formula is C12H25N3O2. The Morgan fingerprint density at radius 3 is 2.76 bits per heavy atom. The van der Waals surface area contributed by atoms with Crippen LogP contribution in [0.4, 0.5) is 0 Å². The van der Waals surface area contributed by atoms with Crippen LogP contribution >= 0.6 is 0 Å². The molecule has 1 aliphatic rings. The van der Waals surface area contributed by atoms with Crippen molar-refractivity contribution in [3.05, 3.63) is 0 Å². The Kier molecular flexibility index (Phi) is 5.21. The van der Waals surface area contributed by atoms with Crippen molar-refractivity contribution in [1.82, 2.24) is 5.32 Å². The normalized spacial score (nSPS) is 27.8. The van der Waals surface area contributed by atoms with Crippen molar-refractivity contribution in [3.63, 3.8) is 0 Å². The number of nitrogens with two attached hydrogens (primary N) is 1. The zero-order chi connectivity index (χ0) is 12.9. The molecule has 0 spiro atoms. The summed E-state index contributed by atoms with van der Waals surface area (Å²) < 4.78 is 5.41. The van der Waals surface area contributed by atoms with Crippen molar-refractivity contribution < 1.29 is 9.94 Å². The molecule has 0 bridgehead atoms. The maximum Gasteiger partial charge on any atom is 0.139 e. The van der Waals surface area contributed by atoms with Gasteiger partial charge in [0.2, 0.25) is 0 Å². The standard InChI is InChI=1S/C12H25N3O2/c1-12(2)9(8-10(12)17-3)14-7-5-4-6-11(13)15-16/h9-10,14,16H,4-8H2,1-3H3,(H2,13,15). The Hall–Kier alpha value is -0.810. The minimum absolute atomic E-state index is 0.223. The third-order valence-electron chi connectivity index (χ3n) is 3.84. The lowest BCUT2D eigenvalue weighted by Crippen LogP contribution is -2.60. The van der Waals surface area contributed by atoms with E-state index in [4.69, 9.17) is 15.7 Å². The fourth-order valence-electron chi connectivity index (χ4n) is 2.39. The fourth-order valence-corrected chi connectivity index (χ4v) is 2.39. The zero-order valence-corrected chi connectivity index (χ0v) is 11.1. The number of oxime groups is 1. The van der Waals surface area contributed by atoms with Crippen LogP contribution in [0, 0.1) is 5.41 Å². The first-order chi connectivity index (χ1) is 8.02. The predicted molar refractivity (Wildman–Crippen MR) is 68.2 cm³/mol. The molecule has 0 aliphatic heterocycles. The van der Waals surface area contributed by atoms with Crippen LogP contribution in [0.1, 0.15) is 39.5 Å². The van der Waals surface area contributed by atoms with Crippen molar-refractivity contribution in [1.29, 1.82) is 0 Å². The fraction of sp³-hybridized carbons (Fsp3) is 0.917. The van der Waals surface area contributed by atoms with Gasteiger partial charge >= 0.3 is 0 Å². The zero-order valence-electron chi connectivity index (χ0n) is 11.1. The van der Waals surface area contributed by atoms with Gasteiger partial charge in [0.1, 0.15) is 5.84 Å². The topological polar surface area (TPSA) is 79.9 Å². The lowest BCUT2D eigenvalue weighted by Gasteiger charge is -2.51. The molecule has 1 aliphatic carbocycles. The largest absolute Gasteiger partial charge is 0.409 e. The van der Waals surface area contributed by atoms with E-state index in [1.165, 1.54) is 0 Å². The number of unbranched alkanes of at least 4 members (excludes halogenated alkanes) is 1. The first-order valence-corrected chi connectivity index (χ1v) is 6.25. The summed E-state index contributed by atoms with van der Waals surface area (Å²) in [6, 6.07) is 0.538. The molecule has 5 nitrogen and oxygen atoms in total. The number of hydrogen-bond acceptors (Lipinski definition) is 4. The molecule has 0 aromatic carbocycles. The summed E-state index contributed by atoms with van der Waals surface area (Å²) in [5.74, 6) is 0.313. The summed E-state index contributed by atoms with van der Waals surface area (Å²) in [7, 11) is 1.78. The Morgan fingerprint density at radius 2 is 2.24 bits per heavy atom. The van der Waals surface area contributed by atoms with Crippen molar-refractivity contribution in [2.24, 2.45) is 16.3 Å². The molecule has 5 heteroatoms. The van der Waals surface area contributed by atoms with Gasteiger partial charge in [0.05, 0.1) is 6.10 Å². The van der Waals surface area contributed by atoms with Crippen molar-refractivity contribution in [2.45, 2.75) is 51.7 Å². The van der Waals surface area contributed by atoms with E-state index in [2.05, 4.69) is 24.3 Å². The van der Waals surface area contributed by atoms with Crippen molar-refractivity contribution in [2.75, 3.05) is 13.7 Å². The van der Waals surface area contributed by atoms with Gasteiger partial charge in [-0.2, -0.15) is 0 Å². The number of nitrogens with one attached hydrogen (secondary N) is 1. The van der Waals surface area contributed by atoms with E-state index in [-0.39, 0.29) is 5.41 Å². The molecule has 0 saturated heterocycles. The summed E-state index contributed by atoms with van der Waals surface area (Å²) in [6.45, 7) is 5.45. The highest BCUT2D eigenvalue weighted by molar-refractivity contribution is 5.79. The quantitative estimate of drug-likeness (QED) is 0.207. The van der Waals surface area contributed by atoms with Crippen LogP contribution in [0.5, 0.6) is 0 Å². The van der Waals surface area contributed by atoms with Crippen LogP contribution in [0.3, 0.4) is 0 Å². The number of rotatable bonds is 7. The van der Waals surface area contributed by atoms with Crippen LogP contribution in [-0.2, 0) is 4.74 Å². The number of methoxy groups -OCH3 is 1. The van der Waals surface area contributed by atoms with Gasteiger partial charge < -0.3 is 21.0 Å². The molecule has 1 saturated carbocycles. The van der Waals surface area contributed by atoms with Crippen LogP contribution in [-0.4, -0.2) is 36.8 Å².